The maximum Gasteiger partial charge on any atom is 0.326 e. The summed E-state index contributed by atoms with van der Waals surface area (Å²) in [6.07, 6.45) is 0.861. The Morgan fingerprint density at radius 1 is 0.852 bits per heavy atom. The highest BCUT2D eigenvalue weighted by molar-refractivity contribution is 6.42. The lowest BCUT2D eigenvalue weighted by atomic mass is 9.89. The van der Waals surface area contributed by atoms with E-state index < -0.39 is 18.1 Å². The first-order valence-electron chi connectivity index (χ1n) is 20.2. The second kappa shape index (κ2) is 18.5. The summed E-state index contributed by atoms with van der Waals surface area (Å²) < 4.78 is 18.9. The van der Waals surface area contributed by atoms with Crippen LogP contribution in [0.4, 0.5) is 0 Å². The first-order valence-corrected chi connectivity index (χ1v) is 21.0. The summed E-state index contributed by atoms with van der Waals surface area (Å²) >= 11 is 12.2. The number of fused-ring (bicyclic) bond motifs is 2. The largest absolute Gasteiger partial charge is 0.489 e. The van der Waals surface area contributed by atoms with E-state index in [1.807, 2.05) is 97.1 Å². The lowest BCUT2D eigenvalue weighted by Crippen LogP contribution is -2.55. The monoisotopic (exact) mass is 851 g/mol. The molecule has 9 nitrogen and oxygen atoms in total. The molecule has 0 aliphatic carbocycles. The molecule has 8 rings (SSSR count). The summed E-state index contributed by atoms with van der Waals surface area (Å²) in [5.74, 6) is 0.477. The molecule has 0 aromatic heterocycles. The molecule has 1 unspecified atom stereocenters. The SMILES string of the molecule is CC[C@H](c1ccccc1)N1Cc2cc3c(cc2C[C@H]1C(=O)NC(Cc1ccc(-c2ccc(C#N)cc2)cc1)C(=O)O)OC[C@H](c1ccc(OCc2ccc(Cl)c(Cl)c2)cc1)O3. The predicted molar refractivity (Wildman–Crippen MR) is 235 cm³/mol. The van der Waals surface area contributed by atoms with Crippen LogP contribution in [0.3, 0.4) is 0 Å². The Hall–Kier alpha value is -6.31. The van der Waals surface area contributed by atoms with Gasteiger partial charge in [0.05, 0.1) is 27.7 Å². The van der Waals surface area contributed by atoms with E-state index in [1.54, 1.807) is 24.3 Å². The molecular weight excluding hydrogens is 809 g/mol. The third-order valence-electron chi connectivity index (χ3n) is 11.4. The Bertz CT molecular complexity index is 2560. The van der Waals surface area contributed by atoms with Gasteiger partial charge in [0.15, 0.2) is 17.6 Å². The number of nitriles is 1. The zero-order valence-electron chi connectivity index (χ0n) is 33.4. The third kappa shape index (κ3) is 9.53. The highest BCUT2D eigenvalue weighted by Gasteiger charge is 2.39. The maximum atomic E-state index is 14.4. The average Bonchev–Trinajstić information content (AvgIpc) is 3.29. The molecule has 1 amide bonds. The number of hydrogen-bond acceptors (Lipinski definition) is 7. The Labute approximate surface area is 365 Å². The topological polar surface area (TPSA) is 121 Å². The number of aliphatic carboxylic acids is 1. The number of amides is 1. The van der Waals surface area contributed by atoms with Crippen LogP contribution in [0.15, 0.2) is 133 Å². The van der Waals surface area contributed by atoms with Crippen LogP contribution in [0.25, 0.3) is 11.1 Å². The van der Waals surface area contributed by atoms with Crippen molar-refractivity contribution < 1.29 is 28.9 Å². The number of carboxylic acid groups (broad SMARTS) is 1. The fourth-order valence-electron chi connectivity index (χ4n) is 8.09. The van der Waals surface area contributed by atoms with Crippen LogP contribution in [0.2, 0.25) is 10.0 Å². The van der Waals surface area contributed by atoms with Gasteiger partial charge in [0.2, 0.25) is 5.91 Å². The number of nitrogens with zero attached hydrogens (tertiary/aromatic N) is 2. The van der Waals surface area contributed by atoms with Gasteiger partial charge in [0, 0.05) is 19.0 Å². The van der Waals surface area contributed by atoms with E-state index in [4.69, 9.17) is 42.7 Å². The molecule has 0 fully saturated rings. The molecule has 0 saturated carbocycles. The van der Waals surface area contributed by atoms with Crippen molar-refractivity contribution in [2.45, 2.75) is 63.6 Å². The van der Waals surface area contributed by atoms with Crippen molar-refractivity contribution in [3.8, 4) is 34.4 Å². The number of benzene rings is 6. The number of rotatable bonds is 13. The Kier molecular flexibility index (Phi) is 12.6. The van der Waals surface area contributed by atoms with Gasteiger partial charge in [-0.05, 0) is 106 Å². The van der Waals surface area contributed by atoms with Crippen molar-refractivity contribution in [1.82, 2.24) is 10.2 Å². The van der Waals surface area contributed by atoms with Gasteiger partial charge < -0.3 is 24.6 Å². The zero-order valence-corrected chi connectivity index (χ0v) is 34.9. The van der Waals surface area contributed by atoms with Gasteiger partial charge in [0.25, 0.3) is 0 Å². The van der Waals surface area contributed by atoms with E-state index in [0.29, 0.717) is 59.0 Å². The quantitative estimate of drug-likeness (QED) is 0.118. The van der Waals surface area contributed by atoms with Crippen LogP contribution in [0.5, 0.6) is 17.2 Å². The highest BCUT2D eigenvalue weighted by atomic mass is 35.5. The maximum absolute atomic E-state index is 14.4. The molecule has 61 heavy (non-hydrogen) atoms. The van der Waals surface area contributed by atoms with Crippen molar-refractivity contribution >= 4 is 35.1 Å². The van der Waals surface area contributed by atoms with Crippen LogP contribution in [0.1, 0.15) is 64.4 Å². The fourth-order valence-corrected chi connectivity index (χ4v) is 8.41. The van der Waals surface area contributed by atoms with Gasteiger partial charge in [-0.2, -0.15) is 5.26 Å². The van der Waals surface area contributed by atoms with Gasteiger partial charge in [0.1, 0.15) is 25.0 Å². The Morgan fingerprint density at radius 3 is 2.21 bits per heavy atom. The van der Waals surface area contributed by atoms with Crippen LogP contribution in [-0.4, -0.2) is 40.6 Å². The Balaban J connectivity index is 0.987. The van der Waals surface area contributed by atoms with Crippen molar-refractivity contribution in [1.29, 1.82) is 5.26 Å². The highest BCUT2D eigenvalue weighted by Crippen LogP contribution is 2.42. The molecule has 2 aliphatic rings. The molecule has 2 N–H and O–H groups in total. The Morgan fingerprint density at radius 2 is 1.54 bits per heavy atom. The molecular formula is C50H43Cl2N3O6. The second-order valence-electron chi connectivity index (χ2n) is 15.3. The zero-order chi connectivity index (χ0) is 42.5. The van der Waals surface area contributed by atoms with Crippen LogP contribution >= 0.6 is 23.2 Å². The van der Waals surface area contributed by atoms with E-state index in [9.17, 15) is 14.7 Å². The number of nitrogens with one attached hydrogen (secondary N) is 1. The smallest absolute Gasteiger partial charge is 0.326 e. The summed E-state index contributed by atoms with van der Waals surface area (Å²) in [5.41, 5.74) is 8.13. The molecule has 0 radical (unpaired) electrons. The first-order chi connectivity index (χ1) is 29.6. The molecule has 4 atom stereocenters. The first kappa shape index (κ1) is 41.4. The lowest BCUT2D eigenvalue weighted by molar-refractivity contribution is -0.143. The summed E-state index contributed by atoms with van der Waals surface area (Å²) in [7, 11) is 0. The van der Waals surface area contributed by atoms with Gasteiger partial charge in [-0.25, -0.2) is 4.79 Å². The molecule has 2 heterocycles. The van der Waals surface area contributed by atoms with Gasteiger partial charge in [-0.1, -0.05) is 115 Å². The van der Waals surface area contributed by atoms with Crippen molar-refractivity contribution in [2.24, 2.45) is 0 Å². The van der Waals surface area contributed by atoms with E-state index in [-0.39, 0.29) is 24.5 Å². The number of carbonyl (C=O) groups is 2. The van der Waals surface area contributed by atoms with E-state index in [2.05, 4.69) is 35.3 Å². The minimum absolute atomic E-state index is 0.110. The molecule has 6 aromatic carbocycles. The third-order valence-corrected chi connectivity index (χ3v) is 12.1. The number of halogens is 2. The van der Waals surface area contributed by atoms with E-state index in [1.165, 1.54) is 0 Å². The van der Waals surface area contributed by atoms with E-state index in [0.717, 1.165) is 50.9 Å². The molecule has 11 heteroatoms. The lowest BCUT2D eigenvalue weighted by Gasteiger charge is -2.42. The van der Waals surface area contributed by atoms with E-state index >= 15 is 0 Å². The van der Waals surface area contributed by atoms with Gasteiger partial charge in [-0.15, -0.1) is 0 Å². The molecule has 0 spiro atoms. The summed E-state index contributed by atoms with van der Waals surface area (Å²) in [6.45, 7) is 3.19. The number of carboxylic acids is 1. The standard InChI is InChI=1S/C50H43Cl2N3O6/c1-2-44(36-6-4-3-5-7-36)55-28-39-26-47-46(60-30-48(61-47)37-17-19-40(20-18-37)59-29-33-12-21-41(51)42(52)22-33)25-38(39)24-45(55)49(56)54-43(50(57)58)23-31-8-13-34(14-9-31)35-15-10-32(27-53)11-16-35/h3-22,25-26,43-45,48H,2,23-24,28-30H2,1H3,(H,54,56)(H,57,58)/t43?,44-,45+,48-/m1/s1. The van der Waals surface area contributed by atoms with Gasteiger partial charge in [-0.3, -0.25) is 9.69 Å². The number of carbonyl (C=O) groups excluding carboxylic acids is 1. The van der Waals surface area contributed by atoms with Crippen molar-refractivity contribution in [3.63, 3.8) is 0 Å². The summed E-state index contributed by atoms with van der Waals surface area (Å²) in [6, 6.07) is 42.3. The molecule has 6 aromatic rings. The molecule has 2 aliphatic heterocycles. The average molecular weight is 853 g/mol. The summed E-state index contributed by atoms with van der Waals surface area (Å²) in [4.78, 5) is 29.3. The number of hydrogen-bond donors (Lipinski definition) is 2. The minimum atomic E-state index is -1.14. The van der Waals surface area contributed by atoms with Crippen molar-refractivity contribution in [3.05, 3.63) is 182 Å². The predicted octanol–water partition coefficient (Wildman–Crippen LogP) is 10.3. The number of ether oxygens (including phenoxy) is 3. The van der Waals surface area contributed by atoms with Crippen molar-refractivity contribution in [2.75, 3.05) is 6.61 Å². The molecule has 0 saturated heterocycles. The molecule has 308 valence electrons. The molecule has 0 bridgehead atoms. The fraction of sp³-hybridized carbons (Fsp3) is 0.220. The van der Waals surface area contributed by atoms with Gasteiger partial charge >= 0.3 is 5.97 Å². The minimum Gasteiger partial charge on any atom is -0.489 e. The summed E-state index contributed by atoms with van der Waals surface area (Å²) in [5, 5.41) is 23.4. The van der Waals surface area contributed by atoms with Crippen LogP contribution in [0, 0.1) is 11.3 Å². The normalized spacial score (nSPS) is 16.7. The van der Waals surface area contributed by atoms with Crippen LogP contribution in [-0.2, 0) is 35.6 Å². The second-order valence-corrected chi connectivity index (χ2v) is 16.1. The van der Waals surface area contributed by atoms with Crippen LogP contribution < -0.4 is 19.5 Å².